The molecule has 2 amide bonds. The molecule has 0 aromatic carbocycles. The number of carbonyl (C=O) groups is 4. The molecule has 1 aliphatic rings. The number of nitrogens with zero attached hydrogens (tertiary/aromatic N) is 2. The monoisotopic (exact) mass is 284 g/mol. The number of carbonyl (C=O) groups excluding carboxylic acids is 3. The van der Waals surface area contributed by atoms with Crippen molar-refractivity contribution in [3.05, 3.63) is 12.2 Å². The summed E-state index contributed by atoms with van der Waals surface area (Å²) in [4.78, 5) is 47.2. The van der Waals surface area contributed by atoms with Crippen molar-refractivity contribution in [3.8, 4) is 0 Å². The maximum absolute atomic E-state index is 11.7. The molecule has 0 bridgehead atoms. The number of amides is 2. The average Bonchev–Trinajstić information content (AvgIpc) is 2.42. The zero-order chi connectivity index (χ0) is 15.1. The lowest BCUT2D eigenvalue weighted by molar-refractivity contribution is -0.150. The molecule has 0 unspecified atom stereocenters. The van der Waals surface area contributed by atoms with Crippen molar-refractivity contribution in [1.82, 2.24) is 9.80 Å². The number of ether oxygens (including phenoxy) is 1. The summed E-state index contributed by atoms with van der Waals surface area (Å²) in [6.07, 6.45) is 1.38. The molecule has 0 atom stereocenters. The Morgan fingerprint density at radius 1 is 1.05 bits per heavy atom. The zero-order valence-corrected chi connectivity index (χ0v) is 11.1. The van der Waals surface area contributed by atoms with Crippen LogP contribution in [0.25, 0.3) is 0 Å². The highest BCUT2D eigenvalue weighted by Gasteiger charge is 2.22. The standard InChI is InChI=1S/C12H16N2O6/c1-9(15)13-4-6-14(7-5-13)10(16)8-20-12(19)3-2-11(17)18/h2-3H,4-8H2,1H3,(H,17,18). The molecule has 1 fully saturated rings. The molecule has 0 aromatic rings. The SMILES string of the molecule is CC(=O)N1CCN(C(=O)COC(=O)C=CC(=O)O)CC1. The van der Waals surface area contributed by atoms with Gasteiger partial charge in [-0.2, -0.15) is 0 Å². The van der Waals surface area contributed by atoms with E-state index in [2.05, 4.69) is 4.74 Å². The molecular weight excluding hydrogens is 268 g/mol. The largest absolute Gasteiger partial charge is 0.478 e. The van der Waals surface area contributed by atoms with E-state index in [1.54, 1.807) is 4.90 Å². The van der Waals surface area contributed by atoms with Crippen molar-refractivity contribution in [1.29, 1.82) is 0 Å². The van der Waals surface area contributed by atoms with Crippen LogP contribution in [0.3, 0.4) is 0 Å². The minimum absolute atomic E-state index is 0.0395. The Morgan fingerprint density at radius 2 is 1.60 bits per heavy atom. The molecule has 1 rings (SSSR count). The van der Waals surface area contributed by atoms with Gasteiger partial charge in [-0.25, -0.2) is 9.59 Å². The van der Waals surface area contributed by atoms with Gasteiger partial charge >= 0.3 is 11.9 Å². The lowest BCUT2D eigenvalue weighted by Crippen LogP contribution is -2.51. The molecule has 1 heterocycles. The predicted octanol–water partition coefficient (Wildman–Crippen LogP) is -1.14. The highest BCUT2D eigenvalue weighted by Crippen LogP contribution is 2.02. The number of hydrogen-bond donors (Lipinski definition) is 1. The second kappa shape index (κ2) is 7.27. The number of piperazine rings is 1. The Kier molecular flexibility index (Phi) is 5.70. The maximum Gasteiger partial charge on any atom is 0.331 e. The summed E-state index contributed by atoms with van der Waals surface area (Å²) in [5.41, 5.74) is 0. The van der Waals surface area contributed by atoms with Gasteiger partial charge in [0.1, 0.15) is 0 Å². The van der Waals surface area contributed by atoms with Crippen molar-refractivity contribution in [3.63, 3.8) is 0 Å². The van der Waals surface area contributed by atoms with Crippen molar-refractivity contribution in [2.45, 2.75) is 6.92 Å². The van der Waals surface area contributed by atoms with Crippen molar-refractivity contribution >= 4 is 23.8 Å². The van der Waals surface area contributed by atoms with Crippen LogP contribution in [0.5, 0.6) is 0 Å². The Bertz CT molecular complexity index is 437. The van der Waals surface area contributed by atoms with Crippen LogP contribution in [0.15, 0.2) is 12.2 Å². The average molecular weight is 284 g/mol. The summed E-state index contributed by atoms with van der Waals surface area (Å²) in [7, 11) is 0. The van der Waals surface area contributed by atoms with Gasteiger partial charge in [0, 0.05) is 45.3 Å². The Hall–Kier alpha value is -2.38. The van der Waals surface area contributed by atoms with Crippen LogP contribution in [0.4, 0.5) is 0 Å². The predicted molar refractivity (Wildman–Crippen MR) is 66.6 cm³/mol. The number of carboxylic acids is 1. The van der Waals surface area contributed by atoms with Crippen molar-refractivity contribution in [2.24, 2.45) is 0 Å². The van der Waals surface area contributed by atoms with E-state index in [4.69, 9.17) is 5.11 Å². The topological polar surface area (TPSA) is 104 Å². The molecule has 110 valence electrons. The first kappa shape index (κ1) is 15.7. The van der Waals surface area contributed by atoms with E-state index in [-0.39, 0.29) is 11.8 Å². The fourth-order valence-electron chi connectivity index (χ4n) is 1.68. The van der Waals surface area contributed by atoms with Crippen molar-refractivity contribution < 1.29 is 29.0 Å². The molecule has 8 heteroatoms. The molecule has 8 nitrogen and oxygen atoms in total. The summed E-state index contributed by atoms with van der Waals surface area (Å²) in [5.74, 6) is -2.57. The lowest BCUT2D eigenvalue weighted by Gasteiger charge is -2.34. The van der Waals surface area contributed by atoms with E-state index in [1.165, 1.54) is 11.8 Å². The summed E-state index contributed by atoms with van der Waals surface area (Å²) >= 11 is 0. The Labute approximate surface area is 115 Å². The normalized spacial score (nSPS) is 15.2. The third-order valence-electron chi connectivity index (χ3n) is 2.78. The van der Waals surface area contributed by atoms with E-state index in [9.17, 15) is 19.2 Å². The smallest absolute Gasteiger partial charge is 0.331 e. The van der Waals surface area contributed by atoms with Gasteiger partial charge in [-0.05, 0) is 0 Å². The van der Waals surface area contributed by atoms with Crippen LogP contribution >= 0.6 is 0 Å². The molecule has 0 radical (unpaired) electrons. The summed E-state index contributed by atoms with van der Waals surface area (Å²) in [6.45, 7) is 2.71. The third kappa shape index (κ3) is 5.09. The molecular formula is C12H16N2O6. The van der Waals surface area contributed by atoms with E-state index in [0.29, 0.717) is 32.3 Å². The molecule has 0 saturated carbocycles. The van der Waals surface area contributed by atoms with E-state index < -0.39 is 18.5 Å². The first-order valence-electron chi connectivity index (χ1n) is 6.01. The highest BCUT2D eigenvalue weighted by atomic mass is 16.5. The van der Waals surface area contributed by atoms with Gasteiger partial charge in [-0.3, -0.25) is 9.59 Å². The second-order valence-electron chi connectivity index (χ2n) is 4.17. The van der Waals surface area contributed by atoms with Gasteiger partial charge in [0.15, 0.2) is 6.61 Å². The van der Waals surface area contributed by atoms with Gasteiger partial charge < -0.3 is 19.6 Å². The van der Waals surface area contributed by atoms with Gasteiger partial charge in [0.25, 0.3) is 5.91 Å². The maximum atomic E-state index is 11.7. The molecule has 1 saturated heterocycles. The first-order valence-corrected chi connectivity index (χ1v) is 6.01. The number of hydrogen-bond acceptors (Lipinski definition) is 5. The zero-order valence-electron chi connectivity index (χ0n) is 11.1. The van der Waals surface area contributed by atoms with Crippen LogP contribution in [0, 0.1) is 0 Å². The summed E-state index contributed by atoms with van der Waals surface area (Å²) in [6, 6.07) is 0. The van der Waals surface area contributed by atoms with Crippen LogP contribution in [-0.4, -0.2) is 71.4 Å². The lowest BCUT2D eigenvalue weighted by atomic mass is 10.3. The number of rotatable bonds is 4. The van der Waals surface area contributed by atoms with Gasteiger partial charge in [0.05, 0.1) is 0 Å². The third-order valence-corrected chi connectivity index (χ3v) is 2.78. The molecule has 0 aromatic heterocycles. The summed E-state index contributed by atoms with van der Waals surface area (Å²) < 4.78 is 4.62. The van der Waals surface area contributed by atoms with Crippen LogP contribution in [0.1, 0.15) is 6.92 Å². The molecule has 20 heavy (non-hydrogen) atoms. The fraction of sp³-hybridized carbons (Fsp3) is 0.500. The first-order chi connectivity index (χ1) is 9.40. The number of carboxylic acid groups (broad SMARTS) is 1. The number of aliphatic carboxylic acids is 1. The van der Waals surface area contributed by atoms with Gasteiger partial charge in [-0.15, -0.1) is 0 Å². The highest BCUT2D eigenvalue weighted by molar-refractivity contribution is 5.91. The Balaban J connectivity index is 2.32. The quantitative estimate of drug-likeness (QED) is 0.517. The van der Waals surface area contributed by atoms with Crippen LogP contribution in [0.2, 0.25) is 0 Å². The van der Waals surface area contributed by atoms with Gasteiger partial charge in [0.2, 0.25) is 5.91 Å². The molecule has 0 spiro atoms. The van der Waals surface area contributed by atoms with Crippen LogP contribution in [-0.2, 0) is 23.9 Å². The number of esters is 1. The minimum Gasteiger partial charge on any atom is -0.478 e. The van der Waals surface area contributed by atoms with E-state index >= 15 is 0 Å². The summed E-state index contributed by atoms with van der Waals surface area (Å²) in [5, 5.41) is 8.31. The molecule has 0 aliphatic carbocycles. The fourth-order valence-corrected chi connectivity index (χ4v) is 1.68. The van der Waals surface area contributed by atoms with Gasteiger partial charge in [-0.1, -0.05) is 0 Å². The minimum atomic E-state index is -1.27. The van der Waals surface area contributed by atoms with E-state index in [1.807, 2.05) is 0 Å². The molecule has 1 aliphatic heterocycles. The Morgan fingerprint density at radius 3 is 2.10 bits per heavy atom. The van der Waals surface area contributed by atoms with Crippen molar-refractivity contribution in [2.75, 3.05) is 32.8 Å². The van der Waals surface area contributed by atoms with E-state index in [0.717, 1.165) is 6.08 Å². The van der Waals surface area contributed by atoms with Crippen LogP contribution < -0.4 is 0 Å². The second-order valence-corrected chi connectivity index (χ2v) is 4.17. The molecule has 1 N–H and O–H groups in total.